The van der Waals surface area contributed by atoms with E-state index in [4.69, 9.17) is 26.4 Å². The zero-order chi connectivity index (χ0) is 59.8. The van der Waals surface area contributed by atoms with E-state index in [1.54, 1.807) is 0 Å². The lowest BCUT2D eigenvalue weighted by molar-refractivity contribution is 1.07. The molecule has 4 aliphatic rings. The fourth-order valence-electron chi connectivity index (χ4n) is 15.2. The third-order valence-corrected chi connectivity index (χ3v) is 19.0. The van der Waals surface area contributed by atoms with Gasteiger partial charge < -0.3 is 19.9 Å². The van der Waals surface area contributed by atoms with Crippen LogP contribution in [0.25, 0.3) is 101 Å². The van der Waals surface area contributed by atoms with E-state index in [2.05, 4.69) is 179 Å². The average Bonchev–Trinajstić information content (AvgIpc) is 2.65. The molecular weight excluding hydrogens is 1020 g/mol. The molecule has 16 bridgehead atoms. The van der Waals surface area contributed by atoms with Crippen molar-refractivity contribution >= 4 is 101 Å². The van der Waals surface area contributed by atoms with E-state index in [0.717, 1.165) is 209 Å². The summed E-state index contributed by atoms with van der Waals surface area (Å²) in [6.45, 7) is 36.6. The molecule has 84 heavy (non-hydrogen) atoms. The minimum atomic E-state index is 0.828. The highest BCUT2D eigenvalue weighted by Gasteiger charge is 2.29. The first-order chi connectivity index (χ1) is 40.9. The molecule has 6 aromatic heterocycles. The molecule has 8 heteroatoms. The van der Waals surface area contributed by atoms with Crippen LogP contribution in [-0.4, -0.2) is 39.9 Å². The van der Waals surface area contributed by atoms with Gasteiger partial charge in [0.25, 0.3) is 0 Å². The third kappa shape index (κ3) is 9.72. The molecule has 0 saturated carbocycles. The number of nitrogens with zero attached hydrogens (tertiary/aromatic N) is 4. The molecule has 0 spiro atoms. The van der Waals surface area contributed by atoms with Gasteiger partial charge in [0, 0.05) is 38.7 Å². The lowest BCUT2D eigenvalue weighted by Gasteiger charge is -2.09. The number of terminal acetylenes is 1. The molecule has 0 atom stereocenters. The largest absolute Gasteiger partial charge is 0.355 e. The van der Waals surface area contributed by atoms with Crippen LogP contribution in [0.1, 0.15) is 269 Å². The number of nitrogens with one attached hydrogen (secondary N) is 4. The van der Waals surface area contributed by atoms with Crippen molar-refractivity contribution in [3.63, 3.8) is 0 Å². The molecule has 0 unspecified atom stereocenters. The van der Waals surface area contributed by atoms with E-state index in [-0.39, 0.29) is 0 Å². The Morgan fingerprint density at radius 1 is 0.298 bits per heavy atom. The lowest BCUT2D eigenvalue weighted by Crippen LogP contribution is -1.94. The second-order valence-electron chi connectivity index (χ2n) is 22.8. The summed E-state index contributed by atoms with van der Waals surface area (Å²) >= 11 is 0. The predicted octanol–water partition coefficient (Wildman–Crippen LogP) is 20.5. The van der Waals surface area contributed by atoms with Crippen molar-refractivity contribution in [3.05, 3.63) is 137 Å². The molecule has 4 N–H and O–H groups in total. The predicted molar refractivity (Wildman–Crippen MR) is 363 cm³/mol. The van der Waals surface area contributed by atoms with Crippen molar-refractivity contribution < 1.29 is 0 Å². The van der Waals surface area contributed by atoms with Gasteiger partial charge >= 0.3 is 0 Å². The summed E-state index contributed by atoms with van der Waals surface area (Å²) in [7, 11) is 0. The van der Waals surface area contributed by atoms with E-state index in [1.807, 2.05) is 0 Å². The number of hydrogen-bond donors (Lipinski definition) is 4. The summed E-state index contributed by atoms with van der Waals surface area (Å²) in [5.41, 5.74) is 40.8. The summed E-state index contributed by atoms with van der Waals surface area (Å²) in [6, 6.07) is 11.7. The highest BCUT2D eigenvalue weighted by molar-refractivity contribution is 6.04. The highest BCUT2D eigenvalue weighted by Crippen LogP contribution is 2.45. The first kappa shape index (κ1) is 59.7. The fourth-order valence-corrected chi connectivity index (χ4v) is 15.2. The van der Waals surface area contributed by atoms with Gasteiger partial charge in [0.15, 0.2) is 0 Å². The smallest absolute Gasteiger partial charge is 0.0850 e. The number of rotatable bonds is 18. The SMILES string of the molecule is C#Cc1c2nc(cc3[nH]c(c(/C=C/c4c5nc(cc6[nH]c(cc7nc(cc8[nH]c4c(CC)c8CC)C(CC)=C7CC)c(CC)c6CC)C(CC)=C5CC)c4nc(cc5[nH]c1c(CC)c5CC)C(CC)=C4CC)c(CC)c3CC)C(CC)=C2CC. The summed E-state index contributed by atoms with van der Waals surface area (Å²) in [5.74, 6) is 3.20. The summed E-state index contributed by atoms with van der Waals surface area (Å²) < 4.78 is 0. The van der Waals surface area contributed by atoms with Gasteiger partial charge in [0.2, 0.25) is 0 Å². The van der Waals surface area contributed by atoms with Crippen LogP contribution in [0.3, 0.4) is 0 Å². The van der Waals surface area contributed by atoms with Crippen molar-refractivity contribution in [2.45, 2.75) is 214 Å². The molecule has 10 heterocycles. The molecule has 0 aromatic carbocycles. The number of hydrogen-bond acceptors (Lipinski definition) is 4. The number of aryl methyl sites for hydroxylation is 8. The maximum atomic E-state index is 6.65. The first-order valence-corrected chi connectivity index (χ1v) is 32.6. The number of H-pyrrole nitrogens is 4. The number of allylic oxidation sites excluding steroid dienone is 8. The van der Waals surface area contributed by atoms with Gasteiger partial charge in [-0.05, 0) is 234 Å². The van der Waals surface area contributed by atoms with Crippen LogP contribution in [0.4, 0.5) is 0 Å². The van der Waals surface area contributed by atoms with E-state index in [0.29, 0.717) is 0 Å². The second kappa shape index (κ2) is 25.0. The van der Waals surface area contributed by atoms with Crippen molar-refractivity contribution in [2.75, 3.05) is 0 Å². The summed E-state index contributed by atoms with van der Waals surface area (Å²) in [6.07, 6.45) is 25.3. The Morgan fingerprint density at radius 2 is 0.548 bits per heavy atom. The molecule has 0 amide bonds. The third-order valence-electron chi connectivity index (χ3n) is 19.0. The van der Waals surface area contributed by atoms with E-state index in [1.165, 1.54) is 89.1 Å². The molecule has 8 nitrogen and oxygen atoms in total. The van der Waals surface area contributed by atoms with Gasteiger partial charge in [-0.2, -0.15) is 0 Å². The molecule has 4 aliphatic heterocycles. The van der Waals surface area contributed by atoms with Crippen LogP contribution >= 0.6 is 0 Å². The first-order valence-electron chi connectivity index (χ1n) is 32.6. The maximum absolute atomic E-state index is 6.65. The van der Waals surface area contributed by atoms with Crippen LogP contribution in [0.15, 0.2) is 30.3 Å². The van der Waals surface area contributed by atoms with Gasteiger partial charge in [-0.25, -0.2) is 19.9 Å². The molecule has 10 rings (SSSR count). The Labute approximate surface area is 501 Å². The molecule has 436 valence electrons. The Kier molecular flexibility index (Phi) is 17.7. The normalized spacial score (nSPS) is 13.8. The van der Waals surface area contributed by atoms with Crippen molar-refractivity contribution in [1.82, 2.24) is 39.9 Å². The van der Waals surface area contributed by atoms with Gasteiger partial charge in [-0.3, -0.25) is 0 Å². The summed E-state index contributed by atoms with van der Waals surface area (Å²) in [4.78, 5) is 39.2. The zero-order valence-electron chi connectivity index (χ0n) is 53.7. The number of aromatic nitrogens is 8. The minimum absolute atomic E-state index is 0.828. The van der Waals surface area contributed by atoms with Crippen LogP contribution in [0.2, 0.25) is 0 Å². The average molecular weight is 1120 g/mol. The highest BCUT2D eigenvalue weighted by atomic mass is 14.8. The Bertz CT molecular complexity index is 4210. The van der Waals surface area contributed by atoms with Crippen LogP contribution in [-0.2, 0) is 51.4 Å². The molecular formula is C76H92N8. The minimum Gasteiger partial charge on any atom is -0.355 e. The quantitative estimate of drug-likeness (QED) is 0.0642. The van der Waals surface area contributed by atoms with Crippen LogP contribution in [0, 0.1) is 12.3 Å². The molecule has 0 fully saturated rings. The van der Waals surface area contributed by atoms with Crippen molar-refractivity contribution in [3.8, 4) is 12.3 Å². The van der Waals surface area contributed by atoms with Gasteiger partial charge in [0.05, 0.1) is 67.7 Å². The molecule has 6 aromatic rings. The number of fused-ring (bicyclic) bond motifs is 16. The molecule has 0 radical (unpaired) electrons. The molecule has 0 saturated heterocycles. The van der Waals surface area contributed by atoms with E-state index in [9.17, 15) is 0 Å². The van der Waals surface area contributed by atoms with E-state index < -0.39 is 0 Å². The Hall–Kier alpha value is -7.50. The van der Waals surface area contributed by atoms with Crippen LogP contribution in [0.5, 0.6) is 0 Å². The zero-order valence-corrected chi connectivity index (χ0v) is 53.7. The van der Waals surface area contributed by atoms with Gasteiger partial charge in [-0.1, -0.05) is 117 Å². The van der Waals surface area contributed by atoms with Gasteiger partial charge in [-0.15, -0.1) is 6.42 Å². The standard InChI is InChI=1S/C76H92N8/c1-18-42-44(20-3)63-38-65-48(24-7)54(30-13)73(81-65)59(74-55(31-14)49(25-8)66(82-74)39-64-45(21-4)43(19-2)62(78-64)37-61(42)77-63)35-36-60-75-56(32-15)50(26-9)69(83-75)40-67-46(22-5)52(28-11)71(79-67)58(34-17)72-53(29-12)47(23-6)68(80-72)41-70-51(27-10)57(33-16)76(60)84-70/h17,35-41,77,79,82,84H,18-33H2,1-16H3/b36-35+,61-37?,62-37?,63-38?,64-39?,65-38?,66-39?,67-40?,68-41?,69-40?,70-41?,71-58?,72-58?,73-59?,74-59?,75-60?,76-60?. The lowest BCUT2D eigenvalue weighted by atomic mass is 9.94. The fraction of sp³-hybridized carbons (Fsp3) is 0.421. The van der Waals surface area contributed by atoms with Gasteiger partial charge in [0.1, 0.15) is 0 Å². The van der Waals surface area contributed by atoms with Crippen LogP contribution < -0.4 is 0 Å². The maximum Gasteiger partial charge on any atom is 0.0850 e. The number of aromatic amines is 4. The Balaban J connectivity index is 1.44. The van der Waals surface area contributed by atoms with Crippen molar-refractivity contribution in [1.29, 1.82) is 0 Å². The molecule has 0 aliphatic carbocycles. The Morgan fingerprint density at radius 3 is 0.857 bits per heavy atom. The topological polar surface area (TPSA) is 115 Å². The monoisotopic (exact) mass is 1120 g/mol. The summed E-state index contributed by atoms with van der Waals surface area (Å²) in [5, 5.41) is 0. The second-order valence-corrected chi connectivity index (χ2v) is 22.8. The van der Waals surface area contributed by atoms with Crippen molar-refractivity contribution in [2.24, 2.45) is 0 Å². The van der Waals surface area contributed by atoms with E-state index >= 15 is 0 Å².